The highest BCUT2D eigenvalue weighted by Crippen LogP contribution is 2.31. The predicted octanol–water partition coefficient (Wildman–Crippen LogP) is 3.88. The molecule has 7 nitrogen and oxygen atoms in total. The maximum atomic E-state index is 13.1. The third-order valence-electron chi connectivity index (χ3n) is 5.17. The topological polar surface area (TPSA) is 104 Å². The summed E-state index contributed by atoms with van der Waals surface area (Å²) in [6, 6.07) is 11.6. The number of hydrogen-bond acceptors (Lipinski definition) is 5. The van der Waals surface area contributed by atoms with Crippen molar-refractivity contribution < 1.29 is 14.0 Å². The van der Waals surface area contributed by atoms with E-state index in [1.165, 1.54) is 23.9 Å². The molecule has 1 aromatic heterocycles. The molecule has 0 radical (unpaired) electrons. The van der Waals surface area contributed by atoms with E-state index in [4.69, 9.17) is 0 Å². The lowest BCUT2D eigenvalue weighted by atomic mass is 9.92. The van der Waals surface area contributed by atoms with Crippen LogP contribution in [-0.4, -0.2) is 21.8 Å². The van der Waals surface area contributed by atoms with E-state index in [1.807, 2.05) is 26.0 Å². The lowest BCUT2D eigenvalue weighted by Gasteiger charge is -2.24. The first-order valence-corrected chi connectivity index (χ1v) is 11.0. The average Bonchev–Trinajstić information content (AvgIpc) is 2.74. The summed E-state index contributed by atoms with van der Waals surface area (Å²) in [7, 11) is 0. The fourth-order valence-electron chi connectivity index (χ4n) is 3.55. The normalized spacial score (nSPS) is 15.1. The largest absolute Gasteiger partial charge is 0.325 e. The molecule has 2 aromatic carbocycles. The molecule has 4 rings (SSSR count). The van der Waals surface area contributed by atoms with Gasteiger partial charge in [-0.3, -0.25) is 14.4 Å². The van der Waals surface area contributed by atoms with Crippen molar-refractivity contribution in [1.82, 2.24) is 9.97 Å². The molecule has 0 spiro atoms. The van der Waals surface area contributed by atoms with Crippen molar-refractivity contribution in [3.8, 4) is 0 Å². The van der Waals surface area contributed by atoms with E-state index in [-0.39, 0.29) is 29.5 Å². The van der Waals surface area contributed by atoms with Crippen LogP contribution in [0.2, 0.25) is 0 Å². The highest BCUT2D eigenvalue weighted by molar-refractivity contribution is 7.98. The van der Waals surface area contributed by atoms with Gasteiger partial charge in [-0.15, -0.1) is 0 Å². The van der Waals surface area contributed by atoms with Crippen LogP contribution in [0.4, 0.5) is 15.9 Å². The zero-order chi connectivity index (χ0) is 22.8. The van der Waals surface area contributed by atoms with Crippen LogP contribution in [0.1, 0.15) is 34.6 Å². The maximum Gasteiger partial charge on any atom is 0.257 e. The summed E-state index contributed by atoms with van der Waals surface area (Å²) < 4.78 is 13.1. The lowest BCUT2D eigenvalue weighted by molar-refractivity contribution is -0.123. The van der Waals surface area contributed by atoms with Gasteiger partial charge >= 0.3 is 0 Å². The van der Waals surface area contributed by atoms with Gasteiger partial charge in [0, 0.05) is 17.9 Å². The number of nitrogens with zero attached hydrogens (tertiary/aromatic N) is 1. The molecule has 1 aliphatic heterocycles. The first-order valence-electron chi connectivity index (χ1n) is 9.99. The van der Waals surface area contributed by atoms with E-state index in [2.05, 4.69) is 20.6 Å². The number of aromatic nitrogens is 2. The van der Waals surface area contributed by atoms with Crippen LogP contribution in [0.25, 0.3) is 0 Å². The Labute approximate surface area is 187 Å². The molecule has 0 saturated heterocycles. The SMILES string of the molecule is Cc1ccc(NC(=O)[C@H]2CC(=O)Nc3nc(SCc4ccc(F)cc4)[nH]c(=O)c32)c(C)c1. The fourth-order valence-corrected chi connectivity index (χ4v) is 4.37. The zero-order valence-corrected chi connectivity index (χ0v) is 18.3. The van der Waals surface area contributed by atoms with Gasteiger partial charge in [-0.2, -0.15) is 0 Å². The second kappa shape index (κ2) is 8.96. The van der Waals surface area contributed by atoms with Crippen LogP contribution in [0.15, 0.2) is 52.4 Å². The fraction of sp³-hybridized carbons (Fsp3) is 0.217. The molecular formula is C23H21FN4O3S. The van der Waals surface area contributed by atoms with Crippen molar-refractivity contribution in [3.63, 3.8) is 0 Å². The van der Waals surface area contributed by atoms with Crippen molar-refractivity contribution in [2.75, 3.05) is 10.6 Å². The Hall–Kier alpha value is -3.46. The summed E-state index contributed by atoms with van der Waals surface area (Å²) in [6.45, 7) is 3.83. The van der Waals surface area contributed by atoms with Crippen molar-refractivity contribution in [2.45, 2.75) is 37.1 Å². The van der Waals surface area contributed by atoms with Gasteiger partial charge in [0.1, 0.15) is 11.6 Å². The quantitative estimate of drug-likeness (QED) is 0.403. The van der Waals surface area contributed by atoms with Gasteiger partial charge in [0.2, 0.25) is 11.8 Å². The number of carbonyl (C=O) groups excluding carboxylic acids is 2. The van der Waals surface area contributed by atoms with Crippen LogP contribution in [0.5, 0.6) is 0 Å². The molecule has 0 aliphatic carbocycles. The Morgan fingerprint density at radius 1 is 1.19 bits per heavy atom. The van der Waals surface area contributed by atoms with Crippen LogP contribution >= 0.6 is 11.8 Å². The Morgan fingerprint density at radius 3 is 2.66 bits per heavy atom. The number of carbonyl (C=O) groups is 2. The standard InChI is InChI=1S/C23H21FN4O3S/c1-12-3-8-17(13(2)9-12)25-21(30)16-10-18(29)26-20-19(16)22(31)28-23(27-20)32-11-14-4-6-15(24)7-5-14/h3-9,16H,10-11H2,1-2H3,(H,25,30)(H2,26,27,28,29,31)/t16-/m0/s1. The lowest BCUT2D eigenvalue weighted by Crippen LogP contribution is -2.36. The van der Waals surface area contributed by atoms with Crippen molar-refractivity contribution in [3.05, 3.63) is 80.9 Å². The van der Waals surface area contributed by atoms with Gasteiger partial charge in [0.15, 0.2) is 5.16 Å². The van der Waals surface area contributed by atoms with Gasteiger partial charge in [-0.25, -0.2) is 9.37 Å². The van der Waals surface area contributed by atoms with Gasteiger partial charge in [-0.05, 0) is 43.2 Å². The maximum absolute atomic E-state index is 13.1. The number of amides is 2. The summed E-state index contributed by atoms with van der Waals surface area (Å²) in [5.41, 5.74) is 3.10. The molecule has 32 heavy (non-hydrogen) atoms. The smallest absolute Gasteiger partial charge is 0.257 e. The Balaban J connectivity index is 1.57. The third kappa shape index (κ3) is 4.72. The molecular weight excluding hydrogens is 431 g/mol. The predicted molar refractivity (Wildman–Crippen MR) is 121 cm³/mol. The second-order valence-electron chi connectivity index (χ2n) is 7.66. The number of H-pyrrole nitrogens is 1. The summed E-state index contributed by atoms with van der Waals surface area (Å²) in [5, 5.41) is 5.73. The van der Waals surface area contributed by atoms with E-state index in [0.717, 1.165) is 16.7 Å². The monoisotopic (exact) mass is 452 g/mol. The first kappa shape index (κ1) is 21.8. The van der Waals surface area contributed by atoms with Gasteiger partial charge in [0.05, 0.1) is 11.5 Å². The van der Waals surface area contributed by atoms with E-state index in [1.54, 1.807) is 18.2 Å². The molecule has 0 fully saturated rings. The number of aryl methyl sites for hydroxylation is 2. The molecule has 1 atom stereocenters. The number of hydrogen-bond donors (Lipinski definition) is 3. The molecule has 0 unspecified atom stereocenters. The summed E-state index contributed by atoms with van der Waals surface area (Å²) >= 11 is 1.24. The number of thioether (sulfide) groups is 1. The van der Waals surface area contributed by atoms with Crippen LogP contribution < -0.4 is 16.2 Å². The number of rotatable bonds is 5. The van der Waals surface area contributed by atoms with E-state index < -0.39 is 17.4 Å². The summed E-state index contributed by atoms with van der Waals surface area (Å²) in [6.07, 6.45) is -0.142. The highest BCUT2D eigenvalue weighted by Gasteiger charge is 2.35. The zero-order valence-electron chi connectivity index (χ0n) is 17.5. The summed E-state index contributed by atoms with van der Waals surface area (Å²) in [4.78, 5) is 45.1. The minimum atomic E-state index is -0.952. The van der Waals surface area contributed by atoms with Crippen LogP contribution in [0.3, 0.4) is 0 Å². The van der Waals surface area contributed by atoms with E-state index in [0.29, 0.717) is 16.6 Å². The van der Waals surface area contributed by atoms with Crippen LogP contribution in [-0.2, 0) is 15.3 Å². The molecule has 0 saturated carbocycles. The average molecular weight is 453 g/mol. The van der Waals surface area contributed by atoms with Gasteiger partial charge in [0.25, 0.3) is 5.56 Å². The van der Waals surface area contributed by atoms with Crippen LogP contribution in [0, 0.1) is 19.7 Å². The Bertz CT molecular complexity index is 1260. The molecule has 0 bridgehead atoms. The molecule has 164 valence electrons. The molecule has 1 aliphatic rings. The first-order chi connectivity index (χ1) is 15.3. The van der Waals surface area contributed by atoms with Crippen molar-refractivity contribution in [1.29, 1.82) is 0 Å². The summed E-state index contributed by atoms with van der Waals surface area (Å²) in [5.74, 6) is -1.56. The van der Waals surface area contributed by atoms with Crippen molar-refractivity contribution in [2.24, 2.45) is 0 Å². The molecule has 3 aromatic rings. The molecule has 3 N–H and O–H groups in total. The second-order valence-corrected chi connectivity index (χ2v) is 8.63. The molecule has 2 amide bonds. The van der Waals surface area contributed by atoms with Gasteiger partial charge in [-0.1, -0.05) is 41.6 Å². The molecule has 2 heterocycles. The number of anilines is 2. The number of halogens is 1. The van der Waals surface area contributed by atoms with E-state index in [9.17, 15) is 18.8 Å². The minimum absolute atomic E-state index is 0.0902. The number of nitrogens with one attached hydrogen (secondary N) is 3. The third-order valence-corrected chi connectivity index (χ3v) is 6.12. The van der Waals surface area contributed by atoms with E-state index >= 15 is 0 Å². The highest BCUT2D eigenvalue weighted by atomic mass is 32.2. The Morgan fingerprint density at radius 2 is 1.94 bits per heavy atom. The minimum Gasteiger partial charge on any atom is -0.325 e. The van der Waals surface area contributed by atoms with Crippen molar-refractivity contribution >= 4 is 35.1 Å². The molecule has 9 heteroatoms. The number of fused-ring (bicyclic) bond motifs is 1. The van der Waals surface area contributed by atoms with Gasteiger partial charge < -0.3 is 15.6 Å². The number of benzene rings is 2. The number of aromatic amines is 1. The Kier molecular flexibility index (Phi) is 6.09.